The van der Waals surface area contributed by atoms with Crippen LogP contribution in [0.2, 0.25) is 0 Å². The molecule has 3 aliphatic rings. The first-order chi connectivity index (χ1) is 13.1. The summed E-state index contributed by atoms with van der Waals surface area (Å²) < 4.78 is 0. The third-order valence-electron chi connectivity index (χ3n) is 6.01. The summed E-state index contributed by atoms with van der Waals surface area (Å²) in [6.45, 7) is 6.67. The zero-order valence-electron chi connectivity index (χ0n) is 15.8. The number of carbonyl (C=O) groups is 2. The first-order valence-electron chi connectivity index (χ1n) is 10.0. The number of nitrogens with two attached hydrogens (primary N) is 1. The molecule has 146 valence electrons. The van der Waals surface area contributed by atoms with E-state index in [0.29, 0.717) is 6.54 Å². The maximum absolute atomic E-state index is 12.6. The van der Waals surface area contributed by atoms with Crippen LogP contribution in [-0.4, -0.2) is 84.9 Å². The first kappa shape index (κ1) is 18.1. The second-order valence-corrected chi connectivity index (χ2v) is 7.78. The molecule has 2 amide bonds. The Bertz CT molecular complexity index is 701. The number of fused-ring (bicyclic) bond motifs is 1. The molecule has 3 heterocycles. The van der Waals surface area contributed by atoms with Crippen molar-refractivity contribution in [3.05, 3.63) is 24.3 Å². The molecule has 0 aliphatic carbocycles. The zero-order chi connectivity index (χ0) is 18.8. The number of amides is 2. The minimum Gasteiger partial charge on any atom is -0.399 e. The van der Waals surface area contributed by atoms with Gasteiger partial charge in [-0.25, -0.2) is 0 Å². The summed E-state index contributed by atoms with van der Waals surface area (Å²) in [6.07, 6.45) is 2.70. The monoisotopic (exact) mass is 371 g/mol. The minimum atomic E-state index is -0.187. The highest BCUT2D eigenvalue weighted by atomic mass is 16.2. The molecule has 7 heteroatoms. The van der Waals surface area contributed by atoms with Crippen molar-refractivity contribution >= 4 is 23.2 Å². The molecule has 1 unspecified atom stereocenters. The molecule has 1 aromatic rings. The summed E-state index contributed by atoms with van der Waals surface area (Å²) in [5, 5.41) is 0. The van der Waals surface area contributed by atoms with Crippen LogP contribution in [0.25, 0.3) is 0 Å². The SMILES string of the molecule is Nc1cccc(N2CCN(CCCN3CC(=O)N4CCCC4C3=O)CC2)c1. The molecule has 3 saturated heterocycles. The molecule has 4 rings (SSSR count). The molecule has 2 N–H and O–H groups in total. The molecule has 0 aromatic heterocycles. The number of carbonyl (C=O) groups excluding carboxylic acids is 2. The number of nitrogen functional groups attached to an aromatic ring is 1. The van der Waals surface area contributed by atoms with Gasteiger partial charge in [-0.05, 0) is 44.0 Å². The summed E-state index contributed by atoms with van der Waals surface area (Å²) in [6, 6.07) is 7.86. The zero-order valence-corrected chi connectivity index (χ0v) is 15.8. The first-order valence-corrected chi connectivity index (χ1v) is 10.0. The normalized spacial score (nSPS) is 23.9. The predicted octanol–water partition coefficient (Wildman–Crippen LogP) is 0.614. The van der Waals surface area contributed by atoms with Gasteiger partial charge in [0.05, 0.1) is 6.54 Å². The van der Waals surface area contributed by atoms with Crippen LogP contribution in [0.15, 0.2) is 24.3 Å². The van der Waals surface area contributed by atoms with E-state index in [9.17, 15) is 9.59 Å². The number of nitrogens with zero attached hydrogens (tertiary/aromatic N) is 4. The van der Waals surface area contributed by atoms with Crippen molar-refractivity contribution in [3.63, 3.8) is 0 Å². The van der Waals surface area contributed by atoms with E-state index < -0.39 is 0 Å². The van der Waals surface area contributed by atoms with E-state index in [0.717, 1.165) is 64.2 Å². The predicted molar refractivity (Wildman–Crippen MR) is 105 cm³/mol. The van der Waals surface area contributed by atoms with E-state index in [-0.39, 0.29) is 24.4 Å². The largest absolute Gasteiger partial charge is 0.399 e. The van der Waals surface area contributed by atoms with E-state index in [1.165, 1.54) is 5.69 Å². The van der Waals surface area contributed by atoms with Gasteiger partial charge >= 0.3 is 0 Å². The molecule has 0 saturated carbocycles. The second-order valence-electron chi connectivity index (χ2n) is 7.78. The number of hydrogen-bond acceptors (Lipinski definition) is 5. The minimum absolute atomic E-state index is 0.118. The van der Waals surface area contributed by atoms with Crippen LogP contribution in [0.4, 0.5) is 11.4 Å². The topological polar surface area (TPSA) is 73.1 Å². The van der Waals surface area contributed by atoms with Crippen LogP contribution in [-0.2, 0) is 9.59 Å². The Labute approximate surface area is 160 Å². The number of rotatable bonds is 5. The van der Waals surface area contributed by atoms with Crippen LogP contribution in [0.3, 0.4) is 0 Å². The fourth-order valence-electron chi connectivity index (χ4n) is 4.49. The highest BCUT2D eigenvalue weighted by Gasteiger charge is 2.41. The van der Waals surface area contributed by atoms with Gasteiger partial charge in [0.1, 0.15) is 6.04 Å². The summed E-state index contributed by atoms with van der Waals surface area (Å²) in [5.41, 5.74) is 7.88. The van der Waals surface area contributed by atoms with Crippen molar-refractivity contribution < 1.29 is 9.59 Å². The van der Waals surface area contributed by atoms with Gasteiger partial charge in [0.2, 0.25) is 11.8 Å². The van der Waals surface area contributed by atoms with Gasteiger partial charge in [-0.3, -0.25) is 14.5 Å². The third-order valence-corrected chi connectivity index (χ3v) is 6.01. The van der Waals surface area contributed by atoms with E-state index in [1.807, 2.05) is 18.2 Å². The van der Waals surface area contributed by atoms with Crippen molar-refractivity contribution in [3.8, 4) is 0 Å². The standard InChI is InChI=1S/C20H29N5O2/c21-16-4-1-5-17(14-16)23-12-10-22(11-13-23)7-3-8-24-15-19(26)25-9-2-6-18(25)20(24)27/h1,4-5,14,18H,2-3,6-13,15,21H2. The van der Waals surface area contributed by atoms with Crippen LogP contribution < -0.4 is 10.6 Å². The summed E-state index contributed by atoms with van der Waals surface area (Å²) in [5.74, 6) is 0.270. The highest BCUT2D eigenvalue weighted by Crippen LogP contribution is 2.24. The number of anilines is 2. The lowest BCUT2D eigenvalue weighted by Crippen LogP contribution is -2.57. The molecule has 7 nitrogen and oxygen atoms in total. The molecule has 27 heavy (non-hydrogen) atoms. The van der Waals surface area contributed by atoms with E-state index in [4.69, 9.17) is 5.73 Å². The molecular formula is C20H29N5O2. The number of hydrogen-bond donors (Lipinski definition) is 1. The maximum Gasteiger partial charge on any atom is 0.245 e. The molecule has 0 radical (unpaired) electrons. The average Bonchev–Trinajstić information content (AvgIpc) is 3.17. The van der Waals surface area contributed by atoms with Crippen LogP contribution >= 0.6 is 0 Å². The quantitative estimate of drug-likeness (QED) is 0.768. The van der Waals surface area contributed by atoms with E-state index >= 15 is 0 Å². The summed E-state index contributed by atoms with van der Waals surface area (Å²) in [4.78, 5) is 33.1. The van der Waals surface area contributed by atoms with Gasteiger partial charge in [0.25, 0.3) is 0 Å². The second kappa shape index (κ2) is 7.76. The molecule has 1 aromatic carbocycles. The van der Waals surface area contributed by atoms with Crippen LogP contribution in [0.5, 0.6) is 0 Å². The van der Waals surface area contributed by atoms with Gasteiger partial charge in [0.15, 0.2) is 0 Å². The highest BCUT2D eigenvalue weighted by molar-refractivity contribution is 5.95. The molecule has 0 bridgehead atoms. The van der Waals surface area contributed by atoms with Crippen LogP contribution in [0, 0.1) is 0 Å². The van der Waals surface area contributed by atoms with Crippen molar-refractivity contribution in [1.82, 2.24) is 14.7 Å². The number of benzene rings is 1. The summed E-state index contributed by atoms with van der Waals surface area (Å²) >= 11 is 0. The van der Waals surface area contributed by atoms with Crippen molar-refractivity contribution in [2.24, 2.45) is 0 Å². The molecule has 3 fully saturated rings. The smallest absolute Gasteiger partial charge is 0.245 e. The fourth-order valence-corrected chi connectivity index (χ4v) is 4.49. The van der Waals surface area contributed by atoms with Gasteiger partial charge in [0, 0.05) is 50.6 Å². The lowest BCUT2D eigenvalue weighted by molar-refractivity contribution is -0.153. The Hall–Kier alpha value is -2.28. The Morgan fingerprint density at radius 2 is 1.85 bits per heavy atom. The molecule has 3 aliphatic heterocycles. The number of piperazine rings is 2. The lowest BCUT2D eigenvalue weighted by atomic mass is 10.1. The Morgan fingerprint density at radius 1 is 1.04 bits per heavy atom. The van der Waals surface area contributed by atoms with Crippen LogP contribution in [0.1, 0.15) is 19.3 Å². The van der Waals surface area contributed by atoms with E-state index in [2.05, 4.69) is 15.9 Å². The average molecular weight is 371 g/mol. The lowest BCUT2D eigenvalue weighted by Gasteiger charge is -2.38. The van der Waals surface area contributed by atoms with Crippen molar-refractivity contribution in [2.75, 3.05) is 63.0 Å². The fraction of sp³-hybridized carbons (Fsp3) is 0.600. The Balaban J connectivity index is 1.21. The van der Waals surface area contributed by atoms with Gasteiger partial charge in [-0.15, -0.1) is 0 Å². The van der Waals surface area contributed by atoms with Gasteiger partial charge in [-0.1, -0.05) is 6.07 Å². The van der Waals surface area contributed by atoms with Crippen molar-refractivity contribution in [1.29, 1.82) is 0 Å². The molecular weight excluding hydrogens is 342 g/mol. The maximum atomic E-state index is 12.6. The van der Waals surface area contributed by atoms with Gasteiger partial charge in [-0.2, -0.15) is 0 Å². The van der Waals surface area contributed by atoms with Gasteiger partial charge < -0.3 is 20.4 Å². The molecule has 1 atom stereocenters. The Kier molecular flexibility index (Phi) is 5.20. The van der Waals surface area contributed by atoms with E-state index in [1.54, 1.807) is 9.80 Å². The third kappa shape index (κ3) is 3.88. The Morgan fingerprint density at radius 3 is 2.63 bits per heavy atom. The van der Waals surface area contributed by atoms with Crippen molar-refractivity contribution in [2.45, 2.75) is 25.3 Å². The summed E-state index contributed by atoms with van der Waals surface area (Å²) in [7, 11) is 0. The molecule has 0 spiro atoms.